The normalized spacial score (nSPS) is 8.77. The van der Waals surface area contributed by atoms with Crippen LogP contribution in [0.2, 0.25) is 0 Å². The number of nitrogens with zero attached hydrogens (tertiary/aromatic N) is 4. The number of pyridine rings is 1. The number of nitriles is 3. The Hall–Kier alpha value is -3.82. The summed E-state index contributed by atoms with van der Waals surface area (Å²) in [5.74, 6) is 0.946. The first-order valence-electron chi connectivity index (χ1n) is 6.17. The summed E-state index contributed by atoms with van der Waals surface area (Å²) < 4.78 is 5.57. The molecule has 0 aliphatic heterocycles. The molecule has 1 aromatic heterocycles. The molecular weight excluding hydrogens is 278 g/mol. The van der Waals surface area contributed by atoms with Crippen molar-refractivity contribution in [2.24, 2.45) is 0 Å². The minimum atomic E-state index is -0.279. The lowest BCUT2D eigenvalue weighted by Crippen LogP contribution is -2.00. The molecule has 6 heteroatoms. The van der Waals surface area contributed by atoms with E-state index in [1.807, 2.05) is 0 Å². The Bertz CT molecular complexity index is 806. The molecular formula is C16H9N5O. The van der Waals surface area contributed by atoms with E-state index in [0.29, 0.717) is 17.3 Å². The molecule has 0 atom stereocenters. The van der Waals surface area contributed by atoms with Gasteiger partial charge in [0.2, 0.25) is 5.88 Å². The van der Waals surface area contributed by atoms with Gasteiger partial charge in [0.25, 0.3) is 0 Å². The Balaban J connectivity index is 2.23. The van der Waals surface area contributed by atoms with Gasteiger partial charge in [-0.25, -0.2) is 4.98 Å². The summed E-state index contributed by atoms with van der Waals surface area (Å²) in [4.78, 5) is 4.05. The molecule has 2 aromatic rings. The zero-order chi connectivity index (χ0) is 15.8. The number of aromatic nitrogens is 1. The number of hydrogen-bond donors (Lipinski definition) is 1. The highest BCUT2D eigenvalue weighted by Crippen LogP contribution is 2.23. The second-order valence-corrected chi connectivity index (χ2v) is 4.01. The molecule has 0 fully saturated rings. The van der Waals surface area contributed by atoms with Crippen molar-refractivity contribution in [3.05, 3.63) is 59.9 Å². The third-order valence-electron chi connectivity index (χ3n) is 2.55. The maximum absolute atomic E-state index is 9.01. The Morgan fingerprint density at radius 1 is 1.00 bits per heavy atom. The first-order chi connectivity index (χ1) is 10.8. The monoisotopic (exact) mass is 287 g/mol. The van der Waals surface area contributed by atoms with Crippen molar-refractivity contribution in [3.63, 3.8) is 0 Å². The average molecular weight is 287 g/mol. The van der Waals surface area contributed by atoms with Crippen LogP contribution in [0.25, 0.3) is 0 Å². The van der Waals surface area contributed by atoms with Gasteiger partial charge in [0.05, 0.1) is 0 Å². The smallest absolute Gasteiger partial charge is 0.219 e. The third kappa shape index (κ3) is 3.60. The van der Waals surface area contributed by atoms with Crippen LogP contribution >= 0.6 is 0 Å². The Labute approximate surface area is 127 Å². The van der Waals surface area contributed by atoms with Gasteiger partial charge in [0, 0.05) is 24.0 Å². The van der Waals surface area contributed by atoms with Gasteiger partial charge in [-0.05, 0) is 18.2 Å². The van der Waals surface area contributed by atoms with Crippen molar-refractivity contribution in [2.45, 2.75) is 0 Å². The van der Waals surface area contributed by atoms with Crippen molar-refractivity contribution in [3.8, 4) is 29.8 Å². The first kappa shape index (κ1) is 14.6. The maximum Gasteiger partial charge on any atom is 0.219 e. The van der Waals surface area contributed by atoms with E-state index in [9.17, 15) is 0 Å². The molecule has 1 heterocycles. The van der Waals surface area contributed by atoms with Crippen molar-refractivity contribution in [1.82, 2.24) is 4.98 Å². The number of nitrogens with one attached hydrogen (secondary N) is 1. The fourth-order valence-corrected chi connectivity index (χ4v) is 1.59. The van der Waals surface area contributed by atoms with Crippen LogP contribution in [0, 0.1) is 34.0 Å². The van der Waals surface area contributed by atoms with Crippen molar-refractivity contribution < 1.29 is 4.74 Å². The van der Waals surface area contributed by atoms with Crippen LogP contribution < -0.4 is 10.1 Å². The van der Waals surface area contributed by atoms with Gasteiger partial charge in [0.15, 0.2) is 5.57 Å². The largest absolute Gasteiger partial charge is 0.439 e. The summed E-state index contributed by atoms with van der Waals surface area (Å²) in [7, 11) is 0. The van der Waals surface area contributed by atoms with Crippen LogP contribution in [-0.2, 0) is 0 Å². The zero-order valence-electron chi connectivity index (χ0n) is 11.3. The molecule has 0 amide bonds. The Morgan fingerprint density at radius 3 is 2.45 bits per heavy atom. The third-order valence-corrected chi connectivity index (χ3v) is 2.55. The fourth-order valence-electron chi connectivity index (χ4n) is 1.59. The summed E-state index contributed by atoms with van der Waals surface area (Å²) in [6, 6.07) is 17.2. The van der Waals surface area contributed by atoms with E-state index < -0.39 is 0 Å². The molecule has 0 aliphatic rings. The number of ether oxygens (including phenoxy) is 1. The minimum Gasteiger partial charge on any atom is -0.439 e. The molecule has 1 aromatic carbocycles. The van der Waals surface area contributed by atoms with Crippen LogP contribution in [0.15, 0.2) is 59.9 Å². The van der Waals surface area contributed by atoms with Crippen molar-refractivity contribution >= 4 is 5.69 Å². The van der Waals surface area contributed by atoms with Gasteiger partial charge in [-0.3, -0.25) is 0 Å². The van der Waals surface area contributed by atoms with E-state index in [-0.39, 0.29) is 11.3 Å². The van der Waals surface area contributed by atoms with E-state index in [2.05, 4.69) is 10.3 Å². The highest BCUT2D eigenvalue weighted by Gasteiger charge is 2.07. The Morgan fingerprint density at radius 2 is 1.82 bits per heavy atom. The maximum atomic E-state index is 9.01. The van der Waals surface area contributed by atoms with Gasteiger partial charge in [-0.1, -0.05) is 12.1 Å². The lowest BCUT2D eigenvalue weighted by atomic mass is 10.2. The number of allylic oxidation sites excluding steroid dienone is 2. The fraction of sp³-hybridized carbons (Fsp3) is 0. The summed E-state index contributed by atoms with van der Waals surface area (Å²) in [5.41, 5.74) is 0.131. The molecule has 22 heavy (non-hydrogen) atoms. The quantitative estimate of drug-likeness (QED) is 0.866. The van der Waals surface area contributed by atoms with Crippen LogP contribution in [0.4, 0.5) is 5.69 Å². The van der Waals surface area contributed by atoms with Crippen LogP contribution in [0.3, 0.4) is 0 Å². The van der Waals surface area contributed by atoms with Crippen LogP contribution in [0.1, 0.15) is 0 Å². The second-order valence-electron chi connectivity index (χ2n) is 4.01. The highest BCUT2D eigenvalue weighted by atomic mass is 16.5. The molecule has 0 aliphatic carbocycles. The number of hydrogen-bond acceptors (Lipinski definition) is 6. The summed E-state index contributed by atoms with van der Waals surface area (Å²) in [6.07, 6.45) is 1.61. The molecule has 0 unspecified atom stereocenters. The molecule has 0 radical (unpaired) electrons. The highest BCUT2D eigenvalue weighted by molar-refractivity contribution is 5.59. The predicted molar refractivity (Wildman–Crippen MR) is 78.2 cm³/mol. The minimum absolute atomic E-state index is 0.111. The molecule has 0 saturated carbocycles. The number of benzene rings is 1. The van der Waals surface area contributed by atoms with E-state index >= 15 is 0 Å². The number of anilines is 1. The zero-order valence-corrected chi connectivity index (χ0v) is 11.3. The van der Waals surface area contributed by atoms with E-state index in [1.54, 1.807) is 66.9 Å². The molecule has 0 bridgehead atoms. The van der Waals surface area contributed by atoms with Gasteiger partial charge in [-0.2, -0.15) is 15.8 Å². The van der Waals surface area contributed by atoms with Crippen LogP contribution in [-0.4, -0.2) is 4.98 Å². The van der Waals surface area contributed by atoms with Gasteiger partial charge in [0.1, 0.15) is 29.7 Å². The van der Waals surface area contributed by atoms with Crippen molar-refractivity contribution in [1.29, 1.82) is 15.8 Å². The lowest BCUT2D eigenvalue weighted by molar-refractivity contribution is 0.463. The second kappa shape index (κ2) is 7.09. The van der Waals surface area contributed by atoms with Gasteiger partial charge in [-0.15, -0.1) is 0 Å². The topological polar surface area (TPSA) is 106 Å². The number of rotatable bonds is 4. The van der Waals surface area contributed by atoms with Gasteiger partial charge >= 0.3 is 0 Å². The first-order valence-corrected chi connectivity index (χ1v) is 6.17. The molecule has 6 nitrogen and oxygen atoms in total. The average Bonchev–Trinajstić information content (AvgIpc) is 2.56. The SMILES string of the molecule is N#CC(C#N)=C(C#N)Nc1cccc(Oc2ccccn2)c1. The van der Waals surface area contributed by atoms with E-state index in [4.69, 9.17) is 20.5 Å². The van der Waals surface area contributed by atoms with E-state index in [1.165, 1.54) is 0 Å². The van der Waals surface area contributed by atoms with Gasteiger partial charge < -0.3 is 10.1 Å². The lowest BCUT2D eigenvalue weighted by Gasteiger charge is -2.08. The molecule has 0 saturated heterocycles. The standard InChI is InChI=1S/C16H9N5O/c17-9-12(10-18)15(11-19)21-13-4-3-5-14(8-13)22-16-6-1-2-7-20-16/h1-8,21H. The summed E-state index contributed by atoms with van der Waals surface area (Å²) in [6.45, 7) is 0. The van der Waals surface area contributed by atoms with Crippen molar-refractivity contribution in [2.75, 3.05) is 5.32 Å². The molecule has 0 spiro atoms. The summed E-state index contributed by atoms with van der Waals surface area (Å²) in [5, 5.41) is 29.3. The molecule has 104 valence electrons. The Kier molecular flexibility index (Phi) is 4.70. The van der Waals surface area contributed by atoms with E-state index in [0.717, 1.165) is 0 Å². The predicted octanol–water partition coefficient (Wildman–Crippen LogP) is 3.11. The summed E-state index contributed by atoms with van der Waals surface area (Å²) >= 11 is 0. The molecule has 2 rings (SSSR count). The van der Waals surface area contributed by atoms with Crippen LogP contribution in [0.5, 0.6) is 11.6 Å². The molecule has 1 N–H and O–H groups in total.